The van der Waals surface area contributed by atoms with Gasteiger partial charge in [-0.1, -0.05) is 6.07 Å². The van der Waals surface area contributed by atoms with Gasteiger partial charge in [-0.25, -0.2) is 4.39 Å². The van der Waals surface area contributed by atoms with Crippen molar-refractivity contribution in [2.75, 3.05) is 0 Å². The van der Waals surface area contributed by atoms with E-state index in [1.54, 1.807) is 18.3 Å². The number of rotatable bonds is 5. The first kappa shape index (κ1) is 14.2. The highest BCUT2D eigenvalue weighted by Gasteiger charge is 2.14. The first-order valence-corrected chi connectivity index (χ1v) is 6.53. The molecule has 2 unspecified atom stereocenters. The number of hydrogen-bond acceptors (Lipinski definition) is 3. The van der Waals surface area contributed by atoms with E-state index in [0.717, 1.165) is 0 Å². The molecule has 2 aromatic rings. The lowest BCUT2D eigenvalue weighted by molar-refractivity contribution is 0.363. The molecule has 0 aliphatic carbocycles. The van der Waals surface area contributed by atoms with Crippen molar-refractivity contribution in [1.29, 1.82) is 5.26 Å². The molecule has 5 heteroatoms. The SMILES string of the molecule is CC(NCc1ccc(C#N)cc1F)C(C)n1cccn1. The number of nitriles is 1. The second kappa shape index (κ2) is 6.31. The molecule has 0 aliphatic rings. The van der Waals surface area contributed by atoms with Crippen LogP contribution in [0, 0.1) is 17.1 Å². The van der Waals surface area contributed by atoms with Crippen LogP contribution in [0.5, 0.6) is 0 Å². The number of nitrogens with one attached hydrogen (secondary N) is 1. The van der Waals surface area contributed by atoms with Gasteiger partial charge in [-0.3, -0.25) is 4.68 Å². The lowest BCUT2D eigenvalue weighted by Crippen LogP contribution is -2.33. The Kier molecular flexibility index (Phi) is 4.49. The van der Waals surface area contributed by atoms with Crippen molar-refractivity contribution in [3.8, 4) is 6.07 Å². The van der Waals surface area contributed by atoms with Crippen LogP contribution in [0.2, 0.25) is 0 Å². The van der Waals surface area contributed by atoms with Crippen molar-refractivity contribution in [2.24, 2.45) is 0 Å². The normalized spacial score (nSPS) is 13.7. The summed E-state index contributed by atoms with van der Waals surface area (Å²) in [5.74, 6) is -0.351. The summed E-state index contributed by atoms with van der Waals surface area (Å²) in [5, 5.41) is 16.2. The first-order chi connectivity index (χ1) is 9.61. The third kappa shape index (κ3) is 3.22. The largest absolute Gasteiger partial charge is 0.308 e. The molecule has 0 bridgehead atoms. The van der Waals surface area contributed by atoms with Gasteiger partial charge in [0.1, 0.15) is 5.82 Å². The number of nitrogens with zero attached hydrogens (tertiary/aromatic N) is 3. The monoisotopic (exact) mass is 272 g/mol. The Bertz CT molecular complexity index is 601. The fourth-order valence-corrected chi connectivity index (χ4v) is 1.95. The predicted molar refractivity (Wildman–Crippen MR) is 74.4 cm³/mol. The average molecular weight is 272 g/mol. The fourth-order valence-electron chi connectivity index (χ4n) is 1.95. The van der Waals surface area contributed by atoms with E-state index in [-0.39, 0.29) is 17.9 Å². The summed E-state index contributed by atoms with van der Waals surface area (Å²) in [4.78, 5) is 0. The molecule has 0 fully saturated rings. The van der Waals surface area contributed by atoms with Crippen LogP contribution >= 0.6 is 0 Å². The lowest BCUT2D eigenvalue weighted by atomic mass is 10.1. The number of hydrogen-bond donors (Lipinski definition) is 1. The van der Waals surface area contributed by atoms with Gasteiger partial charge in [-0.2, -0.15) is 10.4 Å². The Hall–Kier alpha value is -2.19. The molecule has 1 aromatic carbocycles. The molecule has 1 N–H and O–H groups in total. The molecule has 1 heterocycles. The van der Waals surface area contributed by atoms with Gasteiger partial charge < -0.3 is 5.32 Å². The fraction of sp³-hybridized carbons (Fsp3) is 0.333. The zero-order valence-corrected chi connectivity index (χ0v) is 11.5. The smallest absolute Gasteiger partial charge is 0.129 e. The first-order valence-electron chi connectivity index (χ1n) is 6.53. The molecule has 0 spiro atoms. The van der Waals surface area contributed by atoms with Gasteiger partial charge in [0, 0.05) is 30.5 Å². The van der Waals surface area contributed by atoms with Gasteiger partial charge in [0.2, 0.25) is 0 Å². The summed E-state index contributed by atoms with van der Waals surface area (Å²) >= 11 is 0. The Morgan fingerprint density at radius 3 is 2.85 bits per heavy atom. The molecule has 2 atom stereocenters. The predicted octanol–water partition coefficient (Wildman–Crippen LogP) is 2.63. The summed E-state index contributed by atoms with van der Waals surface area (Å²) in [7, 11) is 0. The van der Waals surface area contributed by atoms with Crippen LogP contribution in [-0.2, 0) is 6.54 Å². The minimum atomic E-state index is -0.351. The van der Waals surface area contributed by atoms with Crippen LogP contribution in [0.25, 0.3) is 0 Å². The van der Waals surface area contributed by atoms with Crippen LogP contribution in [0.3, 0.4) is 0 Å². The topological polar surface area (TPSA) is 53.6 Å². The van der Waals surface area contributed by atoms with Crippen molar-refractivity contribution in [2.45, 2.75) is 32.5 Å². The Morgan fingerprint density at radius 2 is 2.25 bits per heavy atom. The maximum Gasteiger partial charge on any atom is 0.129 e. The van der Waals surface area contributed by atoms with Crippen LogP contribution in [-0.4, -0.2) is 15.8 Å². The van der Waals surface area contributed by atoms with Crippen LogP contribution in [0.15, 0.2) is 36.7 Å². The second-order valence-corrected chi connectivity index (χ2v) is 4.81. The summed E-state index contributed by atoms with van der Waals surface area (Å²) < 4.78 is 15.6. The zero-order chi connectivity index (χ0) is 14.5. The van der Waals surface area contributed by atoms with Crippen LogP contribution in [0.1, 0.15) is 31.0 Å². The minimum Gasteiger partial charge on any atom is -0.308 e. The van der Waals surface area contributed by atoms with Gasteiger partial charge in [-0.05, 0) is 32.0 Å². The molecule has 20 heavy (non-hydrogen) atoms. The zero-order valence-electron chi connectivity index (χ0n) is 11.5. The van der Waals surface area contributed by atoms with Crippen molar-refractivity contribution >= 4 is 0 Å². The molecule has 0 saturated carbocycles. The van der Waals surface area contributed by atoms with Gasteiger partial charge in [0.15, 0.2) is 0 Å². The Morgan fingerprint density at radius 1 is 1.45 bits per heavy atom. The molecule has 1 aromatic heterocycles. The van der Waals surface area contributed by atoms with Gasteiger partial charge in [-0.15, -0.1) is 0 Å². The second-order valence-electron chi connectivity index (χ2n) is 4.81. The van der Waals surface area contributed by atoms with Crippen molar-refractivity contribution in [1.82, 2.24) is 15.1 Å². The Balaban J connectivity index is 1.97. The van der Waals surface area contributed by atoms with Crippen LogP contribution in [0.4, 0.5) is 4.39 Å². The van der Waals surface area contributed by atoms with E-state index < -0.39 is 0 Å². The molecule has 0 aliphatic heterocycles. The molecule has 104 valence electrons. The van der Waals surface area contributed by atoms with E-state index in [4.69, 9.17) is 5.26 Å². The molecule has 0 radical (unpaired) electrons. The van der Waals surface area contributed by atoms with Gasteiger partial charge in [0.25, 0.3) is 0 Å². The molecule has 0 saturated heterocycles. The van der Waals surface area contributed by atoms with E-state index in [9.17, 15) is 4.39 Å². The van der Waals surface area contributed by atoms with Gasteiger partial charge >= 0.3 is 0 Å². The summed E-state index contributed by atoms with van der Waals surface area (Å²) in [6, 6.07) is 8.65. The maximum absolute atomic E-state index is 13.8. The quantitative estimate of drug-likeness (QED) is 0.910. The molecular weight excluding hydrogens is 255 g/mol. The number of aromatic nitrogens is 2. The highest BCUT2D eigenvalue weighted by Crippen LogP contribution is 2.13. The summed E-state index contributed by atoms with van der Waals surface area (Å²) in [6.45, 7) is 4.51. The number of benzene rings is 1. The van der Waals surface area contributed by atoms with Gasteiger partial charge in [0.05, 0.1) is 17.7 Å². The van der Waals surface area contributed by atoms with Crippen molar-refractivity contribution in [3.63, 3.8) is 0 Å². The molecule has 4 nitrogen and oxygen atoms in total. The van der Waals surface area contributed by atoms with E-state index >= 15 is 0 Å². The maximum atomic E-state index is 13.8. The molecule has 2 rings (SSSR count). The molecule has 0 amide bonds. The van der Waals surface area contributed by atoms with E-state index in [0.29, 0.717) is 17.7 Å². The summed E-state index contributed by atoms with van der Waals surface area (Å²) in [5.41, 5.74) is 0.896. The van der Waals surface area contributed by atoms with Crippen molar-refractivity contribution in [3.05, 3.63) is 53.6 Å². The minimum absolute atomic E-state index is 0.143. The Labute approximate surface area is 117 Å². The summed E-state index contributed by atoms with van der Waals surface area (Å²) in [6.07, 6.45) is 3.65. The third-order valence-electron chi connectivity index (χ3n) is 3.46. The third-order valence-corrected chi connectivity index (χ3v) is 3.46. The van der Waals surface area contributed by atoms with E-state index in [1.165, 1.54) is 6.07 Å². The highest BCUT2D eigenvalue weighted by molar-refractivity contribution is 5.32. The van der Waals surface area contributed by atoms with Crippen LogP contribution < -0.4 is 5.32 Å². The highest BCUT2D eigenvalue weighted by atomic mass is 19.1. The molecular formula is C15H17FN4. The van der Waals surface area contributed by atoms with E-state index in [2.05, 4.69) is 17.3 Å². The average Bonchev–Trinajstić information content (AvgIpc) is 2.98. The number of halogens is 1. The lowest BCUT2D eigenvalue weighted by Gasteiger charge is -2.22. The van der Waals surface area contributed by atoms with Crippen molar-refractivity contribution < 1.29 is 4.39 Å². The van der Waals surface area contributed by atoms with E-state index in [1.807, 2.05) is 29.9 Å². The standard InChI is InChI=1S/C15H17FN4/c1-11(12(2)20-7-3-6-19-20)18-10-14-5-4-13(9-17)8-15(14)16/h3-8,11-12,18H,10H2,1-2H3.